The zero-order valence-electron chi connectivity index (χ0n) is 12.8. The number of hydrogen-bond donors (Lipinski definition) is 1. The number of piperidine rings is 1. The van der Waals surface area contributed by atoms with E-state index >= 15 is 0 Å². The molecule has 1 unspecified atom stereocenters. The molecule has 1 N–H and O–H groups in total. The molecule has 0 radical (unpaired) electrons. The predicted molar refractivity (Wildman–Crippen MR) is 83.7 cm³/mol. The van der Waals surface area contributed by atoms with Crippen molar-refractivity contribution in [1.29, 1.82) is 0 Å². The van der Waals surface area contributed by atoms with Crippen molar-refractivity contribution >= 4 is 0 Å². The third-order valence-electron chi connectivity index (χ3n) is 4.83. The molecule has 0 spiro atoms. The molecule has 1 aromatic carbocycles. The minimum atomic E-state index is 0.530. The SMILES string of the molecule is CCCC1(CCC)CCNCC1c1cccc(C)c1. The third kappa shape index (κ3) is 3.20. The van der Waals surface area contributed by atoms with Crippen LogP contribution in [0.3, 0.4) is 0 Å². The van der Waals surface area contributed by atoms with Crippen molar-refractivity contribution in [3.63, 3.8) is 0 Å². The van der Waals surface area contributed by atoms with E-state index in [1.54, 1.807) is 5.56 Å². The highest BCUT2D eigenvalue weighted by Gasteiger charge is 2.39. The molecule has 1 nitrogen and oxygen atoms in total. The Balaban J connectivity index is 2.32. The second-order valence-corrected chi connectivity index (χ2v) is 6.28. The van der Waals surface area contributed by atoms with Crippen molar-refractivity contribution in [3.05, 3.63) is 35.4 Å². The molecule has 1 saturated heterocycles. The highest BCUT2D eigenvalue weighted by Crippen LogP contribution is 2.47. The van der Waals surface area contributed by atoms with Crippen LogP contribution in [-0.2, 0) is 0 Å². The first kappa shape index (κ1) is 14.6. The molecule has 0 saturated carbocycles. The Morgan fingerprint density at radius 2 is 1.95 bits per heavy atom. The topological polar surface area (TPSA) is 12.0 Å². The summed E-state index contributed by atoms with van der Waals surface area (Å²) in [6.45, 7) is 9.24. The van der Waals surface area contributed by atoms with Crippen molar-refractivity contribution in [2.45, 2.75) is 58.8 Å². The van der Waals surface area contributed by atoms with Gasteiger partial charge in [0.2, 0.25) is 0 Å². The Hall–Kier alpha value is -0.820. The van der Waals surface area contributed by atoms with E-state index in [9.17, 15) is 0 Å². The fourth-order valence-electron chi connectivity index (χ4n) is 4.05. The van der Waals surface area contributed by atoms with Gasteiger partial charge in [-0.15, -0.1) is 0 Å². The monoisotopic (exact) mass is 259 g/mol. The summed E-state index contributed by atoms with van der Waals surface area (Å²) in [6.07, 6.45) is 6.71. The zero-order chi connectivity index (χ0) is 13.7. The predicted octanol–water partition coefficient (Wildman–Crippen LogP) is 4.66. The van der Waals surface area contributed by atoms with Gasteiger partial charge in [0, 0.05) is 12.5 Å². The Bertz CT molecular complexity index is 385. The molecule has 0 amide bonds. The van der Waals surface area contributed by atoms with Crippen LogP contribution in [0.1, 0.15) is 63.0 Å². The molecular weight excluding hydrogens is 230 g/mol. The van der Waals surface area contributed by atoms with Crippen LogP contribution < -0.4 is 5.32 Å². The molecule has 1 heteroatoms. The lowest BCUT2D eigenvalue weighted by Gasteiger charge is -2.45. The quantitative estimate of drug-likeness (QED) is 0.811. The van der Waals surface area contributed by atoms with Gasteiger partial charge in [0.15, 0.2) is 0 Å². The summed E-state index contributed by atoms with van der Waals surface area (Å²) in [4.78, 5) is 0. The first-order chi connectivity index (χ1) is 9.22. The van der Waals surface area contributed by atoms with E-state index in [2.05, 4.69) is 50.4 Å². The van der Waals surface area contributed by atoms with Gasteiger partial charge < -0.3 is 5.32 Å². The summed E-state index contributed by atoms with van der Waals surface area (Å²) >= 11 is 0. The summed E-state index contributed by atoms with van der Waals surface area (Å²) in [7, 11) is 0. The summed E-state index contributed by atoms with van der Waals surface area (Å²) in [6, 6.07) is 9.17. The minimum Gasteiger partial charge on any atom is -0.316 e. The fraction of sp³-hybridized carbons (Fsp3) is 0.667. The average molecular weight is 259 g/mol. The Morgan fingerprint density at radius 3 is 2.58 bits per heavy atom. The van der Waals surface area contributed by atoms with Crippen molar-refractivity contribution in [1.82, 2.24) is 5.32 Å². The lowest BCUT2D eigenvalue weighted by Crippen LogP contribution is -2.43. The summed E-state index contributed by atoms with van der Waals surface area (Å²) in [5.74, 6) is 0.695. The second kappa shape index (κ2) is 6.56. The van der Waals surface area contributed by atoms with Crippen LogP contribution in [-0.4, -0.2) is 13.1 Å². The molecule has 1 heterocycles. The second-order valence-electron chi connectivity index (χ2n) is 6.28. The smallest absolute Gasteiger partial charge is 0.00255 e. The summed E-state index contributed by atoms with van der Waals surface area (Å²) < 4.78 is 0. The van der Waals surface area contributed by atoms with Crippen molar-refractivity contribution in [3.8, 4) is 0 Å². The van der Waals surface area contributed by atoms with Crippen LogP contribution in [0.25, 0.3) is 0 Å². The average Bonchev–Trinajstić information content (AvgIpc) is 2.40. The number of rotatable bonds is 5. The van der Waals surface area contributed by atoms with Crippen LogP contribution in [0.5, 0.6) is 0 Å². The summed E-state index contributed by atoms with van der Waals surface area (Å²) in [5.41, 5.74) is 3.47. The maximum atomic E-state index is 3.62. The standard InChI is InChI=1S/C18H29N/c1-4-9-18(10-5-2)11-12-19-14-17(18)16-8-6-7-15(3)13-16/h6-8,13,17,19H,4-5,9-12,14H2,1-3H3. The Morgan fingerprint density at radius 1 is 1.21 bits per heavy atom. The van der Waals surface area contributed by atoms with Crippen molar-refractivity contribution < 1.29 is 0 Å². The molecule has 2 rings (SSSR count). The largest absolute Gasteiger partial charge is 0.316 e. The molecule has 1 aliphatic heterocycles. The third-order valence-corrected chi connectivity index (χ3v) is 4.83. The molecule has 1 atom stereocenters. The van der Waals surface area contributed by atoms with Gasteiger partial charge in [0.1, 0.15) is 0 Å². The van der Waals surface area contributed by atoms with Crippen molar-refractivity contribution in [2.24, 2.45) is 5.41 Å². The molecule has 0 aromatic heterocycles. The van der Waals surface area contributed by atoms with Crippen LogP contribution in [0.15, 0.2) is 24.3 Å². The molecule has 19 heavy (non-hydrogen) atoms. The van der Waals surface area contributed by atoms with Crippen LogP contribution in [0.2, 0.25) is 0 Å². The van der Waals surface area contributed by atoms with Gasteiger partial charge in [-0.25, -0.2) is 0 Å². The first-order valence-corrected chi connectivity index (χ1v) is 7.99. The highest BCUT2D eigenvalue weighted by atomic mass is 14.9. The van der Waals surface area contributed by atoms with Crippen LogP contribution in [0.4, 0.5) is 0 Å². The van der Waals surface area contributed by atoms with Gasteiger partial charge in [-0.05, 0) is 43.7 Å². The molecule has 1 aliphatic rings. The van der Waals surface area contributed by atoms with E-state index in [1.807, 2.05) is 0 Å². The maximum absolute atomic E-state index is 3.62. The molecule has 0 bridgehead atoms. The molecular formula is C18H29N. The number of benzene rings is 1. The van der Waals surface area contributed by atoms with E-state index in [0.717, 1.165) is 6.54 Å². The molecule has 1 aromatic rings. The van der Waals surface area contributed by atoms with Gasteiger partial charge in [0.05, 0.1) is 0 Å². The number of nitrogens with one attached hydrogen (secondary N) is 1. The Labute approximate surface area is 118 Å². The fourth-order valence-corrected chi connectivity index (χ4v) is 4.05. The zero-order valence-corrected chi connectivity index (χ0v) is 12.8. The Kier molecular flexibility index (Phi) is 5.04. The number of hydrogen-bond acceptors (Lipinski definition) is 1. The number of aryl methyl sites for hydroxylation is 1. The van der Waals surface area contributed by atoms with E-state index in [1.165, 1.54) is 44.2 Å². The minimum absolute atomic E-state index is 0.530. The van der Waals surface area contributed by atoms with Gasteiger partial charge in [-0.2, -0.15) is 0 Å². The lowest BCUT2D eigenvalue weighted by molar-refractivity contribution is 0.130. The van der Waals surface area contributed by atoms with Gasteiger partial charge >= 0.3 is 0 Å². The van der Waals surface area contributed by atoms with Crippen molar-refractivity contribution in [2.75, 3.05) is 13.1 Å². The van der Waals surface area contributed by atoms with Crippen LogP contribution in [0, 0.1) is 12.3 Å². The molecule has 1 fully saturated rings. The van der Waals surface area contributed by atoms with E-state index in [4.69, 9.17) is 0 Å². The maximum Gasteiger partial charge on any atom is 0.00255 e. The van der Waals surface area contributed by atoms with E-state index in [0.29, 0.717) is 11.3 Å². The highest BCUT2D eigenvalue weighted by molar-refractivity contribution is 5.28. The van der Waals surface area contributed by atoms with Gasteiger partial charge in [-0.1, -0.05) is 56.5 Å². The van der Waals surface area contributed by atoms with Gasteiger partial charge in [0.25, 0.3) is 0 Å². The lowest BCUT2D eigenvalue weighted by atomic mass is 9.63. The van der Waals surface area contributed by atoms with Crippen LogP contribution >= 0.6 is 0 Å². The van der Waals surface area contributed by atoms with E-state index in [-0.39, 0.29) is 0 Å². The van der Waals surface area contributed by atoms with E-state index < -0.39 is 0 Å². The molecule has 0 aliphatic carbocycles. The summed E-state index contributed by atoms with van der Waals surface area (Å²) in [5, 5.41) is 3.62. The normalized spacial score (nSPS) is 22.4. The molecule has 106 valence electrons. The van der Waals surface area contributed by atoms with Gasteiger partial charge in [-0.3, -0.25) is 0 Å². The first-order valence-electron chi connectivity index (χ1n) is 7.99.